The van der Waals surface area contributed by atoms with E-state index in [0.717, 1.165) is 0 Å². The molecule has 4 N–H and O–H groups in total. The number of aromatic amines is 1. The van der Waals surface area contributed by atoms with Crippen molar-refractivity contribution >= 4 is 23.3 Å². The molecule has 0 saturated carbocycles. The lowest BCUT2D eigenvalue weighted by molar-refractivity contribution is -0.0538. The molecule has 0 amide bonds. The lowest BCUT2D eigenvalue weighted by Gasteiger charge is -2.18. The molecular weight excluding hydrogens is 329 g/mol. The van der Waals surface area contributed by atoms with E-state index in [1.165, 1.54) is 17.7 Å². The molecule has 1 aliphatic heterocycles. The average molecular weight is 343 g/mol. The van der Waals surface area contributed by atoms with Gasteiger partial charge in [-0.3, -0.25) is 9.36 Å². The van der Waals surface area contributed by atoms with Gasteiger partial charge < -0.3 is 25.0 Å². The Labute approximate surface area is 133 Å². The summed E-state index contributed by atoms with van der Waals surface area (Å²) in [4.78, 5) is 18.4. The normalized spacial score (nSPS) is 27.7. The van der Waals surface area contributed by atoms with E-state index >= 15 is 0 Å². The van der Waals surface area contributed by atoms with Gasteiger partial charge in [0.1, 0.15) is 24.0 Å². The fourth-order valence-electron chi connectivity index (χ4n) is 2.52. The van der Waals surface area contributed by atoms with Gasteiger partial charge in [0, 0.05) is 6.20 Å². The Balaban J connectivity index is 2.18. The number of aromatic nitrogens is 3. The molecule has 2 aromatic rings. The Kier molecular flexibility index (Phi) is 4.02. The quantitative estimate of drug-likeness (QED) is 0.429. The summed E-state index contributed by atoms with van der Waals surface area (Å²) in [7, 11) is 0. The number of pyridine rings is 1. The molecular formula is C13H14FN3O5S. The molecule has 2 aromatic heterocycles. The van der Waals surface area contributed by atoms with E-state index < -0.39 is 42.5 Å². The molecule has 1 saturated heterocycles. The molecule has 23 heavy (non-hydrogen) atoms. The molecule has 0 spiro atoms. The second-order valence-corrected chi connectivity index (χ2v) is 5.68. The van der Waals surface area contributed by atoms with Crippen molar-refractivity contribution in [3.63, 3.8) is 0 Å². The van der Waals surface area contributed by atoms with Crippen LogP contribution in [0.15, 0.2) is 11.0 Å². The van der Waals surface area contributed by atoms with E-state index in [1.807, 2.05) is 0 Å². The summed E-state index contributed by atoms with van der Waals surface area (Å²) in [5.74, 6) is -0.796. The molecule has 10 heteroatoms. The number of rotatable bonds is 2. The SMILES string of the molecule is Cc1c(F)[nH]c2nc(=S)n(C3OC(CO)C(O)C3O)cc2c1=O. The second-order valence-electron chi connectivity index (χ2n) is 5.31. The Bertz CT molecular complexity index is 882. The molecule has 4 atom stereocenters. The number of fused-ring (bicyclic) bond motifs is 1. The lowest BCUT2D eigenvalue weighted by atomic mass is 10.1. The van der Waals surface area contributed by atoms with Crippen LogP contribution in [0.4, 0.5) is 4.39 Å². The van der Waals surface area contributed by atoms with Crippen LogP contribution in [0.1, 0.15) is 11.8 Å². The highest BCUT2D eigenvalue weighted by molar-refractivity contribution is 7.71. The Morgan fingerprint density at radius 3 is 2.78 bits per heavy atom. The maximum Gasteiger partial charge on any atom is 0.203 e. The summed E-state index contributed by atoms with van der Waals surface area (Å²) in [5.41, 5.74) is -0.700. The number of halogens is 1. The summed E-state index contributed by atoms with van der Waals surface area (Å²) in [5, 5.41) is 29.1. The lowest BCUT2D eigenvalue weighted by Crippen LogP contribution is -2.33. The minimum atomic E-state index is -1.36. The number of H-pyrrole nitrogens is 1. The Morgan fingerprint density at radius 1 is 1.48 bits per heavy atom. The van der Waals surface area contributed by atoms with Crippen molar-refractivity contribution in [3.05, 3.63) is 32.7 Å². The number of aliphatic hydroxyl groups excluding tert-OH is 3. The predicted molar refractivity (Wildman–Crippen MR) is 78.9 cm³/mol. The van der Waals surface area contributed by atoms with E-state index in [9.17, 15) is 19.4 Å². The van der Waals surface area contributed by atoms with E-state index in [1.54, 1.807) is 0 Å². The van der Waals surface area contributed by atoms with Crippen molar-refractivity contribution in [1.82, 2.24) is 14.5 Å². The maximum absolute atomic E-state index is 13.6. The molecule has 1 aliphatic rings. The fourth-order valence-corrected chi connectivity index (χ4v) is 2.77. The van der Waals surface area contributed by atoms with E-state index in [0.29, 0.717) is 0 Å². The molecule has 0 aliphatic carbocycles. The van der Waals surface area contributed by atoms with E-state index in [-0.39, 0.29) is 21.4 Å². The highest BCUT2D eigenvalue weighted by atomic mass is 32.1. The first-order chi connectivity index (χ1) is 10.8. The first-order valence-electron chi connectivity index (χ1n) is 6.79. The number of ether oxygens (including phenoxy) is 1. The summed E-state index contributed by atoms with van der Waals surface area (Å²) < 4.78 is 20.1. The molecule has 8 nitrogen and oxygen atoms in total. The van der Waals surface area contributed by atoms with Gasteiger partial charge in [0.05, 0.1) is 17.6 Å². The van der Waals surface area contributed by atoms with Crippen LogP contribution in [0.3, 0.4) is 0 Å². The first kappa shape index (κ1) is 16.1. The highest BCUT2D eigenvalue weighted by Crippen LogP contribution is 2.29. The van der Waals surface area contributed by atoms with E-state index in [4.69, 9.17) is 22.1 Å². The van der Waals surface area contributed by atoms with Crippen LogP contribution in [0.25, 0.3) is 11.0 Å². The Hall–Kier alpha value is -1.72. The summed E-state index contributed by atoms with van der Waals surface area (Å²) >= 11 is 5.07. The highest BCUT2D eigenvalue weighted by Gasteiger charge is 2.43. The number of nitrogens with one attached hydrogen (secondary N) is 1. The van der Waals surface area contributed by atoms with Crippen LogP contribution < -0.4 is 5.43 Å². The van der Waals surface area contributed by atoms with Crippen molar-refractivity contribution in [3.8, 4) is 0 Å². The van der Waals surface area contributed by atoms with Gasteiger partial charge in [0.25, 0.3) is 0 Å². The van der Waals surface area contributed by atoms with Gasteiger partial charge in [0.2, 0.25) is 4.77 Å². The van der Waals surface area contributed by atoms with Crippen LogP contribution in [-0.2, 0) is 4.74 Å². The number of hydrogen-bond donors (Lipinski definition) is 4. The van der Waals surface area contributed by atoms with Crippen molar-refractivity contribution in [2.45, 2.75) is 31.5 Å². The topological polar surface area (TPSA) is 121 Å². The van der Waals surface area contributed by atoms with E-state index in [2.05, 4.69) is 9.97 Å². The van der Waals surface area contributed by atoms with Crippen LogP contribution >= 0.6 is 12.2 Å². The third-order valence-electron chi connectivity index (χ3n) is 3.89. The summed E-state index contributed by atoms with van der Waals surface area (Å²) in [6.07, 6.45) is -3.48. The first-order valence-corrected chi connectivity index (χ1v) is 7.19. The zero-order valence-electron chi connectivity index (χ0n) is 11.9. The maximum atomic E-state index is 13.6. The fraction of sp³-hybridized carbons (Fsp3) is 0.462. The molecule has 124 valence electrons. The molecule has 3 heterocycles. The number of aliphatic hydroxyl groups is 3. The zero-order chi connectivity index (χ0) is 16.9. The molecule has 1 fully saturated rings. The summed E-state index contributed by atoms with van der Waals surface area (Å²) in [6, 6.07) is 0. The predicted octanol–water partition coefficient (Wildman–Crippen LogP) is -0.487. The molecule has 0 radical (unpaired) electrons. The minimum Gasteiger partial charge on any atom is -0.394 e. The van der Waals surface area contributed by atoms with Crippen LogP contribution in [-0.4, -0.2) is 54.8 Å². The standard InChI is InChI=1S/C13H14FN3O5S/c1-4-7(19)5-2-17(13(23)16-11(5)15-10(4)14)12-9(21)8(20)6(3-18)22-12/h2,6,8-9,12,18,20-21H,3H2,1H3,(H,15,16,23). The van der Waals surface area contributed by atoms with Gasteiger partial charge in [-0.15, -0.1) is 0 Å². The van der Waals surface area contributed by atoms with Gasteiger partial charge in [-0.05, 0) is 19.1 Å². The third kappa shape index (κ3) is 2.48. The van der Waals surface area contributed by atoms with Crippen LogP contribution in [0, 0.1) is 17.6 Å². The average Bonchev–Trinajstić information content (AvgIpc) is 2.80. The minimum absolute atomic E-state index is 0.0221. The van der Waals surface area contributed by atoms with Crippen molar-refractivity contribution < 1.29 is 24.4 Å². The van der Waals surface area contributed by atoms with Crippen molar-refractivity contribution in [2.24, 2.45) is 0 Å². The van der Waals surface area contributed by atoms with Gasteiger partial charge >= 0.3 is 0 Å². The van der Waals surface area contributed by atoms with Gasteiger partial charge in [-0.25, -0.2) is 4.98 Å². The van der Waals surface area contributed by atoms with Gasteiger partial charge in [0.15, 0.2) is 17.6 Å². The van der Waals surface area contributed by atoms with Crippen LogP contribution in [0.2, 0.25) is 0 Å². The second kappa shape index (κ2) is 5.73. The Morgan fingerprint density at radius 2 is 2.17 bits per heavy atom. The summed E-state index contributed by atoms with van der Waals surface area (Å²) in [6.45, 7) is 0.833. The molecule has 0 aromatic carbocycles. The van der Waals surface area contributed by atoms with Crippen molar-refractivity contribution in [1.29, 1.82) is 0 Å². The molecule has 3 rings (SSSR count). The largest absolute Gasteiger partial charge is 0.394 e. The third-order valence-corrected chi connectivity index (χ3v) is 4.19. The smallest absolute Gasteiger partial charge is 0.203 e. The molecule has 0 bridgehead atoms. The van der Waals surface area contributed by atoms with Gasteiger partial charge in [-0.1, -0.05) is 0 Å². The number of hydrogen-bond acceptors (Lipinski definition) is 7. The van der Waals surface area contributed by atoms with Crippen LogP contribution in [0.5, 0.6) is 0 Å². The van der Waals surface area contributed by atoms with Gasteiger partial charge in [-0.2, -0.15) is 4.39 Å². The van der Waals surface area contributed by atoms with Crippen molar-refractivity contribution in [2.75, 3.05) is 6.61 Å². The molecule has 4 unspecified atom stereocenters. The monoisotopic (exact) mass is 343 g/mol. The zero-order valence-corrected chi connectivity index (χ0v) is 12.7. The number of nitrogens with zero attached hydrogens (tertiary/aromatic N) is 2.